The molecule has 0 saturated heterocycles. The number of hydrogen-bond donors (Lipinski definition) is 1. The number of nitrogens with two attached hydrogens (primary N) is 1. The Morgan fingerprint density at radius 1 is 1.47 bits per heavy atom. The molecule has 0 bridgehead atoms. The Balaban J connectivity index is 2.53. The van der Waals surface area contributed by atoms with Crippen molar-refractivity contribution in [3.8, 4) is 0 Å². The van der Waals surface area contributed by atoms with Gasteiger partial charge in [0.25, 0.3) is 0 Å². The van der Waals surface area contributed by atoms with E-state index in [1.54, 1.807) is 7.11 Å². The van der Waals surface area contributed by atoms with Crippen molar-refractivity contribution in [2.24, 2.45) is 0 Å². The lowest BCUT2D eigenvalue weighted by Gasteiger charge is -2.27. The summed E-state index contributed by atoms with van der Waals surface area (Å²) in [7, 11) is 1.65. The fraction of sp³-hybridized carbons (Fsp3) is 0.533. The smallest absolute Gasteiger partial charge is 0.223 e. The molecule has 1 unspecified atom stereocenters. The van der Waals surface area contributed by atoms with Gasteiger partial charge in [-0.1, -0.05) is 12.1 Å². The van der Waals surface area contributed by atoms with Crippen LogP contribution in [0.25, 0.3) is 0 Å². The van der Waals surface area contributed by atoms with Crippen LogP contribution in [0.15, 0.2) is 24.3 Å². The first kappa shape index (κ1) is 15.5. The summed E-state index contributed by atoms with van der Waals surface area (Å²) in [6.07, 6.45) is 1.23. The van der Waals surface area contributed by atoms with Crippen molar-refractivity contribution in [1.82, 2.24) is 4.90 Å². The molecule has 0 spiro atoms. The van der Waals surface area contributed by atoms with Gasteiger partial charge in [-0.05, 0) is 38.0 Å². The molecule has 0 saturated carbocycles. The molecule has 1 aromatic rings. The quantitative estimate of drug-likeness (QED) is 0.767. The van der Waals surface area contributed by atoms with Crippen LogP contribution in [0.1, 0.15) is 25.8 Å². The summed E-state index contributed by atoms with van der Waals surface area (Å²) in [6.45, 7) is 5.27. The second kappa shape index (κ2) is 7.79. The Hall–Kier alpha value is -1.55. The average Bonchev–Trinajstić information content (AvgIpc) is 2.37. The van der Waals surface area contributed by atoms with Crippen LogP contribution >= 0.6 is 0 Å². The van der Waals surface area contributed by atoms with E-state index in [2.05, 4.69) is 0 Å². The van der Waals surface area contributed by atoms with Gasteiger partial charge in [0.1, 0.15) is 0 Å². The summed E-state index contributed by atoms with van der Waals surface area (Å²) < 4.78 is 5.10. The number of carbonyl (C=O) groups is 1. The molecule has 1 atom stereocenters. The molecule has 0 radical (unpaired) electrons. The molecule has 4 heteroatoms. The number of methoxy groups -OCH3 is 1. The van der Waals surface area contributed by atoms with E-state index in [9.17, 15) is 4.79 Å². The Morgan fingerprint density at radius 3 is 2.79 bits per heavy atom. The van der Waals surface area contributed by atoms with Crippen molar-refractivity contribution in [3.05, 3.63) is 29.8 Å². The molecular formula is C15H24N2O2. The lowest BCUT2D eigenvalue weighted by molar-refractivity contribution is -0.133. The van der Waals surface area contributed by atoms with Crippen LogP contribution in [0.3, 0.4) is 0 Å². The molecule has 0 aliphatic carbocycles. The number of anilines is 1. The molecule has 1 amide bonds. The lowest BCUT2D eigenvalue weighted by Crippen LogP contribution is -2.41. The second-order valence-corrected chi connectivity index (χ2v) is 4.73. The fourth-order valence-electron chi connectivity index (χ4n) is 2.21. The van der Waals surface area contributed by atoms with Crippen LogP contribution in [0, 0.1) is 0 Å². The lowest BCUT2D eigenvalue weighted by atomic mass is 10.1. The zero-order valence-electron chi connectivity index (χ0n) is 12.1. The summed E-state index contributed by atoms with van der Waals surface area (Å²) in [6, 6.07) is 7.80. The first-order valence-electron chi connectivity index (χ1n) is 6.71. The predicted octanol–water partition coefficient (Wildman–Crippen LogP) is 2.08. The average molecular weight is 264 g/mol. The molecule has 0 aliphatic rings. The maximum absolute atomic E-state index is 12.2. The van der Waals surface area contributed by atoms with Crippen LogP contribution in [0.5, 0.6) is 0 Å². The third-order valence-electron chi connectivity index (χ3n) is 3.18. The normalized spacial score (nSPS) is 12.2. The molecule has 2 N–H and O–H groups in total. The molecule has 1 rings (SSSR count). The number of nitrogen functional groups attached to an aromatic ring is 1. The van der Waals surface area contributed by atoms with E-state index in [1.807, 2.05) is 43.0 Å². The summed E-state index contributed by atoms with van der Waals surface area (Å²) in [5, 5.41) is 0. The van der Waals surface area contributed by atoms with Gasteiger partial charge in [-0.3, -0.25) is 4.79 Å². The number of nitrogens with zero attached hydrogens (tertiary/aromatic N) is 1. The minimum absolute atomic E-state index is 0.114. The topological polar surface area (TPSA) is 55.6 Å². The third kappa shape index (κ3) is 4.91. The van der Waals surface area contributed by atoms with E-state index in [4.69, 9.17) is 10.5 Å². The predicted molar refractivity (Wildman–Crippen MR) is 77.9 cm³/mol. The molecular weight excluding hydrogens is 240 g/mol. The number of likely N-dealkylation sites (N-methyl/N-ethyl adjacent to an activating group) is 1. The largest absolute Gasteiger partial charge is 0.399 e. The molecule has 0 aliphatic heterocycles. The minimum atomic E-state index is 0.114. The number of aryl methyl sites for hydroxylation is 1. The van der Waals surface area contributed by atoms with Crippen molar-refractivity contribution in [1.29, 1.82) is 0 Å². The van der Waals surface area contributed by atoms with Crippen molar-refractivity contribution >= 4 is 11.6 Å². The monoisotopic (exact) mass is 264 g/mol. The van der Waals surface area contributed by atoms with Gasteiger partial charge >= 0.3 is 0 Å². The molecule has 106 valence electrons. The number of carbonyl (C=O) groups excluding carboxylic acids is 1. The van der Waals surface area contributed by atoms with Crippen LogP contribution in [-0.4, -0.2) is 37.1 Å². The Bertz CT molecular complexity index is 407. The third-order valence-corrected chi connectivity index (χ3v) is 3.18. The first-order chi connectivity index (χ1) is 9.08. The van der Waals surface area contributed by atoms with Gasteiger partial charge in [0.15, 0.2) is 0 Å². The summed E-state index contributed by atoms with van der Waals surface area (Å²) >= 11 is 0. The van der Waals surface area contributed by atoms with E-state index in [1.165, 1.54) is 0 Å². The fourth-order valence-corrected chi connectivity index (χ4v) is 2.21. The molecule has 0 aromatic heterocycles. The highest BCUT2D eigenvalue weighted by Crippen LogP contribution is 2.11. The minimum Gasteiger partial charge on any atom is -0.399 e. The van der Waals surface area contributed by atoms with Crippen LogP contribution < -0.4 is 5.73 Å². The molecule has 4 nitrogen and oxygen atoms in total. The van der Waals surface area contributed by atoms with Crippen molar-refractivity contribution in [2.45, 2.75) is 32.7 Å². The molecule has 19 heavy (non-hydrogen) atoms. The Morgan fingerprint density at radius 2 is 2.21 bits per heavy atom. The van der Waals surface area contributed by atoms with Crippen molar-refractivity contribution in [3.63, 3.8) is 0 Å². The highest BCUT2D eigenvalue weighted by Gasteiger charge is 2.17. The maximum Gasteiger partial charge on any atom is 0.223 e. The van der Waals surface area contributed by atoms with Crippen LogP contribution in [0.2, 0.25) is 0 Å². The van der Waals surface area contributed by atoms with Crippen LogP contribution in [0.4, 0.5) is 5.69 Å². The zero-order chi connectivity index (χ0) is 14.3. The number of amides is 1. The summed E-state index contributed by atoms with van der Waals surface area (Å²) in [5.74, 6) is 0.162. The molecule has 0 heterocycles. The SMILES string of the molecule is CCN(C(=O)CCc1cccc(N)c1)C(C)COC. The Kier molecular flexibility index (Phi) is 6.36. The van der Waals surface area contributed by atoms with Gasteiger partial charge in [0, 0.05) is 25.8 Å². The van der Waals surface area contributed by atoms with E-state index < -0.39 is 0 Å². The number of hydrogen-bond acceptors (Lipinski definition) is 3. The number of rotatable bonds is 7. The highest BCUT2D eigenvalue weighted by atomic mass is 16.5. The maximum atomic E-state index is 12.2. The Labute approximate surface area is 115 Å². The first-order valence-corrected chi connectivity index (χ1v) is 6.71. The summed E-state index contributed by atoms with van der Waals surface area (Å²) in [5.41, 5.74) is 7.57. The van der Waals surface area contributed by atoms with Crippen molar-refractivity contribution < 1.29 is 9.53 Å². The molecule has 1 aromatic carbocycles. The van der Waals surface area contributed by atoms with E-state index in [0.29, 0.717) is 19.6 Å². The number of benzene rings is 1. The van der Waals surface area contributed by atoms with Gasteiger partial charge in [-0.2, -0.15) is 0 Å². The zero-order valence-corrected chi connectivity index (χ0v) is 12.1. The summed E-state index contributed by atoms with van der Waals surface area (Å²) in [4.78, 5) is 14.0. The van der Waals surface area contributed by atoms with Gasteiger partial charge in [-0.25, -0.2) is 0 Å². The number of ether oxygens (including phenoxy) is 1. The van der Waals surface area contributed by atoms with E-state index in [0.717, 1.165) is 17.7 Å². The van der Waals surface area contributed by atoms with Gasteiger partial charge < -0.3 is 15.4 Å². The van der Waals surface area contributed by atoms with Gasteiger partial charge in [-0.15, -0.1) is 0 Å². The second-order valence-electron chi connectivity index (χ2n) is 4.73. The van der Waals surface area contributed by atoms with E-state index >= 15 is 0 Å². The van der Waals surface area contributed by atoms with Gasteiger partial charge in [0.05, 0.1) is 12.6 Å². The van der Waals surface area contributed by atoms with Crippen LogP contribution in [-0.2, 0) is 16.0 Å². The van der Waals surface area contributed by atoms with Crippen molar-refractivity contribution in [2.75, 3.05) is 26.0 Å². The van der Waals surface area contributed by atoms with E-state index in [-0.39, 0.29) is 11.9 Å². The molecule has 0 fully saturated rings. The van der Waals surface area contributed by atoms with Gasteiger partial charge in [0.2, 0.25) is 5.91 Å². The standard InChI is InChI=1S/C15H24N2O2/c1-4-17(12(2)11-19-3)15(18)9-8-13-6-5-7-14(16)10-13/h5-7,10,12H,4,8-9,11,16H2,1-3H3. The highest BCUT2D eigenvalue weighted by molar-refractivity contribution is 5.76.